The predicted molar refractivity (Wildman–Crippen MR) is 68.5 cm³/mol. The van der Waals surface area contributed by atoms with Gasteiger partial charge in [-0.2, -0.15) is 0 Å². The topological polar surface area (TPSA) is 70.1 Å². The monoisotopic (exact) mass is 270 g/mol. The highest BCUT2D eigenvalue weighted by molar-refractivity contribution is 5.79. The molecule has 0 aromatic heterocycles. The Balaban J connectivity index is 2.11. The van der Waals surface area contributed by atoms with Crippen LogP contribution >= 0.6 is 0 Å². The number of carboxylic acid groups (broad SMARTS) is 1. The van der Waals surface area contributed by atoms with E-state index in [9.17, 15) is 9.59 Å². The Morgan fingerprint density at radius 2 is 2.16 bits per heavy atom. The molecule has 1 atom stereocenters. The highest BCUT2D eigenvalue weighted by Gasteiger charge is 2.47. The second kappa shape index (κ2) is 5.46. The summed E-state index contributed by atoms with van der Waals surface area (Å²) in [4.78, 5) is 26.8. The SMILES string of the molecule is CC(C)C(=O)N1CCCC12COCN(CC(=O)O)C2. The molecule has 1 unspecified atom stereocenters. The fraction of sp³-hybridized carbons (Fsp3) is 0.846. The van der Waals surface area contributed by atoms with Crippen LogP contribution in [-0.2, 0) is 14.3 Å². The Kier molecular flexibility index (Phi) is 4.10. The lowest BCUT2D eigenvalue weighted by molar-refractivity contribution is -0.155. The van der Waals surface area contributed by atoms with Gasteiger partial charge >= 0.3 is 5.97 Å². The lowest BCUT2D eigenvalue weighted by Gasteiger charge is -2.45. The molecule has 0 saturated carbocycles. The van der Waals surface area contributed by atoms with E-state index in [1.807, 2.05) is 18.7 Å². The second-order valence-electron chi connectivity index (χ2n) is 5.83. The average Bonchev–Trinajstić information content (AvgIpc) is 2.70. The van der Waals surface area contributed by atoms with Crippen LogP contribution in [0.1, 0.15) is 26.7 Å². The Morgan fingerprint density at radius 3 is 2.79 bits per heavy atom. The fourth-order valence-corrected chi connectivity index (χ4v) is 3.07. The molecule has 1 spiro atoms. The number of carbonyl (C=O) groups is 2. The summed E-state index contributed by atoms with van der Waals surface area (Å²) < 4.78 is 5.55. The summed E-state index contributed by atoms with van der Waals surface area (Å²) in [5.41, 5.74) is -0.324. The van der Waals surface area contributed by atoms with Crippen molar-refractivity contribution in [3.63, 3.8) is 0 Å². The largest absolute Gasteiger partial charge is 0.480 e. The van der Waals surface area contributed by atoms with Crippen molar-refractivity contribution < 1.29 is 19.4 Å². The Morgan fingerprint density at radius 1 is 1.42 bits per heavy atom. The van der Waals surface area contributed by atoms with E-state index in [1.165, 1.54) is 0 Å². The van der Waals surface area contributed by atoms with Gasteiger partial charge in [-0.15, -0.1) is 0 Å². The average molecular weight is 270 g/mol. The van der Waals surface area contributed by atoms with Gasteiger partial charge in [0.2, 0.25) is 5.91 Å². The third-order valence-corrected chi connectivity index (χ3v) is 3.88. The van der Waals surface area contributed by atoms with Crippen LogP contribution in [-0.4, -0.2) is 65.3 Å². The van der Waals surface area contributed by atoms with Crippen molar-refractivity contribution in [3.05, 3.63) is 0 Å². The third kappa shape index (κ3) is 2.90. The highest BCUT2D eigenvalue weighted by Crippen LogP contribution is 2.34. The van der Waals surface area contributed by atoms with Crippen molar-refractivity contribution in [3.8, 4) is 0 Å². The van der Waals surface area contributed by atoms with Gasteiger partial charge in [0.15, 0.2) is 0 Å². The van der Waals surface area contributed by atoms with Gasteiger partial charge in [-0.05, 0) is 12.8 Å². The first kappa shape index (κ1) is 14.3. The molecule has 19 heavy (non-hydrogen) atoms. The molecule has 0 bridgehead atoms. The fourth-order valence-electron chi connectivity index (χ4n) is 3.07. The molecule has 2 heterocycles. The number of carboxylic acids is 1. The zero-order valence-corrected chi connectivity index (χ0v) is 11.6. The first-order valence-electron chi connectivity index (χ1n) is 6.78. The van der Waals surface area contributed by atoms with Crippen LogP contribution in [0.2, 0.25) is 0 Å². The maximum Gasteiger partial charge on any atom is 0.317 e. The standard InChI is InChI=1S/C13H22N2O4/c1-10(2)12(18)15-5-3-4-13(15)7-14(6-11(16)17)9-19-8-13/h10H,3-9H2,1-2H3,(H,16,17). The minimum Gasteiger partial charge on any atom is -0.480 e. The molecule has 2 saturated heterocycles. The van der Waals surface area contributed by atoms with E-state index in [0.29, 0.717) is 19.9 Å². The van der Waals surface area contributed by atoms with Gasteiger partial charge in [-0.1, -0.05) is 13.8 Å². The molecule has 0 aromatic carbocycles. The molecule has 6 heteroatoms. The Hall–Kier alpha value is -1.14. The molecular weight excluding hydrogens is 248 g/mol. The van der Waals surface area contributed by atoms with Crippen LogP contribution in [0, 0.1) is 5.92 Å². The maximum atomic E-state index is 12.3. The summed E-state index contributed by atoms with van der Waals surface area (Å²) in [6, 6.07) is 0. The third-order valence-electron chi connectivity index (χ3n) is 3.88. The summed E-state index contributed by atoms with van der Waals surface area (Å²) in [6.07, 6.45) is 1.85. The van der Waals surface area contributed by atoms with Crippen molar-refractivity contribution in [2.24, 2.45) is 5.92 Å². The van der Waals surface area contributed by atoms with Crippen LogP contribution in [0.5, 0.6) is 0 Å². The molecule has 2 aliphatic rings. The number of amides is 1. The predicted octanol–water partition coefficient (Wildman–Crippen LogP) is 0.378. The number of hydrogen-bond acceptors (Lipinski definition) is 4. The number of carbonyl (C=O) groups excluding carboxylic acids is 1. The Labute approximate surface area is 113 Å². The molecular formula is C13H22N2O4. The van der Waals surface area contributed by atoms with Crippen molar-refractivity contribution in [2.75, 3.05) is 33.0 Å². The first-order valence-corrected chi connectivity index (χ1v) is 6.78. The van der Waals surface area contributed by atoms with Crippen LogP contribution in [0.3, 0.4) is 0 Å². The molecule has 2 aliphatic heterocycles. The van der Waals surface area contributed by atoms with Crippen LogP contribution in [0.25, 0.3) is 0 Å². The minimum absolute atomic E-state index is 0.0363. The van der Waals surface area contributed by atoms with Crippen LogP contribution in [0.15, 0.2) is 0 Å². The Bertz CT molecular complexity index is 372. The van der Waals surface area contributed by atoms with Crippen molar-refractivity contribution in [1.29, 1.82) is 0 Å². The second-order valence-corrected chi connectivity index (χ2v) is 5.83. The molecule has 0 radical (unpaired) electrons. The molecule has 1 amide bonds. The van der Waals surface area contributed by atoms with Gasteiger partial charge in [-0.25, -0.2) is 0 Å². The number of aliphatic carboxylic acids is 1. The number of hydrogen-bond donors (Lipinski definition) is 1. The van der Waals surface area contributed by atoms with Crippen molar-refractivity contribution in [1.82, 2.24) is 9.80 Å². The van der Waals surface area contributed by atoms with Crippen molar-refractivity contribution >= 4 is 11.9 Å². The number of rotatable bonds is 3. The summed E-state index contributed by atoms with van der Waals surface area (Å²) in [6.45, 7) is 5.95. The van der Waals surface area contributed by atoms with Gasteiger partial charge in [0.25, 0.3) is 0 Å². The minimum atomic E-state index is -0.861. The molecule has 108 valence electrons. The quantitative estimate of drug-likeness (QED) is 0.802. The van der Waals surface area contributed by atoms with Gasteiger partial charge in [0.1, 0.15) is 0 Å². The normalized spacial score (nSPS) is 28.3. The molecule has 0 aliphatic carbocycles. The zero-order valence-electron chi connectivity index (χ0n) is 11.6. The smallest absolute Gasteiger partial charge is 0.317 e. The molecule has 1 N–H and O–H groups in total. The molecule has 6 nitrogen and oxygen atoms in total. The zero-order chi connectivity index (χ0) is 14.0. The van der Waals surface area contributed by atoms with E-state index in [0.717, 1.165) is 19.4 Å². The number of likely N-dealkylation sites (tertiary alicyclic amines) is 1. The van der Waals surface area contributed by atoms with Gasteiger partial charge in [0, 0.05) is 19.0 Å². The van der Waals surface area contributed by atoms with Crippen LogP contribution < -0.4 is 0 Å². The lowest BCUT2D eigenvalue weighted by atomic mass is 9.94. The molecule has 0 aromatic rings. The first-order chi connectivity index (χ1) is 8.94. The number of ether oxygens (including phenoxy) is 1. The summed E-state index contributed by atoms with van der Waals surface area (Å²) in [5.74, 6) is -0.761. The highest BCUT2D eigenvalue weighted by atomic mass is 16.5. The van der Waals surface area contributed by atoms with Crippen LogP contribution in [0.4, 0.5) is 0 Å². The van der Waals surface area contributed by atoms with Gasteiger partial charge < -0.3 is 14.7 Å². The number of nitrogens with zero attached hydrogens (tertiary/aromatic N) is 2. The van der Waals surface area contributed by atoms with Crippen molar-refractivity contribution in [2.45, 2.75) is 32.2 Å². The van der Waals surface area contributed by atoms with Gasteiger partial charge in [-0.3, -0.25) is 14.5 Å². The lowest BCUT2D eigenvalue weighted by Crippen LogP contribution is -2.61. The summed E-state index contributed by atoms with van der Waals surface area (Å²) in [7, 11) is 0. The summed E-state index contributed by atoms with van der Waals surface area (Å²) in [5, 5.41) is 8.88. The van der Waals surface area contributed by atoms with Gasteiger partial charge in [0.05, 0.1) is 25.4 Å². The van der Waals surface area contributed by atoms with E-state index < -0.39 is 5.97 Å². The maximum absolute atomic E-state index is 12.3. The van der Waals surface area contributed by atoms with E-state index in [1.54, 1.807) is 4.90 Å². The van der Waals surface area contributed by atoms with E-state index in [-0.39, 0.29) is 23.9 Å². The van der Waals surface area contributed by atoms with E-state index in [4.69, 9.17) is 9.84 Å². The van der Waals surface area contributed by atoms with E-state index >= 15 is 0 Å². The van der Waals surface area contributed by atoms with E-state index in [2.05, 4.69) is 0 Å². The summed E-state index contributed by atoms with van der Waals surface area (Å²) >= 11 is 0. The molecule has 2 fully saturated rings. The molecule has 2 rings (SSSR count).